The Bertz CT molecular complexity index is 503. The first kappa shape index (κ1) is 19.2. The van der Waals surface area contributed by atoms with Gasteiger partial charge in [0.1, 0.15) is 5.60 Å². The molecule has 0 bridgehead atoms. The summed E-state index contributed by atoms with van der Waals surface area (Å²) in [6.45, 7) is 10.1. The first-order valence-electron chi connectivity index (χ1n) is 8.21. The fourth-order valence-corrected chi connectivity index (χ4v) is 2.06. The molecule has 0 unspecified atom stereocenters. The van der Waals surface area contributed by atoms with Crippen molar-refractivity contribution in [3.8, 4) is 0 Å². The molecule has 0 aliphatic carbocycles. The second kappa shape index (κ2) is 8.70. The maximum absolute atomic E-state index is 12.4. The van der Waals surface area contributed by atoms with Crippen LogP contribution in [0.3, 0.4) is 0 Å². The number of carbonyl (C=O) groups excluding carboxylic acids is 2. The van der Waals surface area contributed by atoms with Gasteiger partial charge in [-0.05, 0) is 38.7 Å². The Morgan fingerprint density at radius 3 is 2.26 bits per heavy atom. The van der Waals surface area contributed by atoms with Gasteiger partial charge in [0, 0.05) is 13.0 Å². The van der Waals surface area contributed by atoms with E-state index in [0.717, 1.165) is 12.0 Å². The number of hydrogen-bond acceptors (Lipinski definition) is 3. The summed E-state index contributed by atoms with van der Waals surface area (Å²) >= 11 is 0. The van der Waals surface area contributed by atoms with Crippen LogP contribution in [-0.2, 0) is 16.1 Å². The topological polar surface area (TPSA) is 46.6 Å². The minimum Gasteiger partial charge on any atom is -0.444 e. The average Bonchev–Trinajstić information content (AvgIpc) is 2.43. The third-order valence-electron chi connectivity index (χ3n) is 3.24. The summed E-state index contributed by atoms with van der Waals surface area (Å²) in [5, 5.41) is 0. The molecule has 0 aliphatic rings. The Kier molecular flexibility index (Phi) is 7.27. The Morgan fingerprint density at radius 1 is 1.13 bits per heavy atom. The number of nitrogens with zero attached hydrogens (tertiary/aromatic N) is 1. The minimum absolute atomic E-state index is 0.0699. The molecular formula is C19H29NO3. The zero-order valence-corrected chi connectivity index (χ0v) is 15.0. The molecule has 1 amide bonds. The largest absolute Gasteiger partial charge is 0.444 e. The minimum atomic E-state index is -0.576. The van der Waals surface area contributed by atoms with Crippen LogP contribution in [0.25, 0.3) is 0 Å². The van der Waals surface area contributed by atoms with Crippen molar-refractivity contribution in [3.63, 3.8) is 0 Å². The van der Waals surface area contributed by atoms with Crippen LogP contribution in [0.5, 0.6) is 0 Å². The van der Waals surface area contributed by atoms with Gasteiger partial charge in [0.15, 0.2) is 5.78 Å². The van der Waals surface area contributed by atoms with Crippen molar-refractivity contribution in [2.24, 2.45) is 5.92 Å². The summed E-state index contributed by atoms with van der Waals surface area (Å²) in [7, 11) is 0. The van der Waals surface area contributed by atoms with E-state index in [4.69, 9.17) is 4.74 Å². The van der Waals surface area contributed by atoms with Gasteiger partial charge in [-0.3, -0.25) is 9.69 Å². The van der Waals surface area contributed by atoms with Gasteiger partial charge in [0.05, 0.1) is 6.54 Å². The third kappa shape index (κ3) is 8.38. The van der Waals surface area contributed by atoms with E-state index in [1.807, 2.05) is 51.1 Å². The molecule has 4 heteroatoms. The molecule has 0 radical (unpaired) electrons. The first-order chi connectivity index (χ1) is 10.7. The van der Waals surface area contributed by atoms with Gasteiger partial charge < -0.3 is 4.74 Å². The fourth-order valence-electron chi connectivity index (χ4n) is 2.06. The smallest absolute Gasteiger partial charge is 0.410 e. The molecule has 0 spiro atoms. The highest BCUT2D eigenvalue weighted by Crippen LogP contribution is 2.14. The highest BCUT2D eigenvalue weighted by atomic mass is 16.6. The van der Waals surface area contributed by atoms with Gasteiger partial charge in [-0.1, -0.05) is 44.2 Å². The number of carbonyl (C=O) groups is 2. The van der Waals surface area contributed by atoms with Crippen molar-refractivity contribution in [3.05, 3.63) is 35.9 Å². The highest BCUT2D eigenvalue weighted by Gasteiger charge is 2.24. The summed E-state index contributed by atoms with van der Waals surface area (Å²) < 4.78 is 5.43. The Labute approximate surface area is 139 Å². The fraction of sp³-hybridized carbons (Fsp3) is 0.579. The monoisotopic (exact) mass is 319 g/mol. The van der Waals surface area contributed by atoms with E-state index in [2.05, 4.69) is 13.8 Å². The van der Waals surface area contributed by atoms with E-state index in [0.29, 0.717) is 18.9 Å². The van der Waals surface area contributed by atoms with E-state index in [1.54, 1.807) is 0 Å². The predicted molar refractivity (Wildman–Crippen MR) is 92.2 cm³/mol. The number of Topliss-reactive ketones (excluding diaryl/α,β-unsaturated/α-hetero) is 1. The van der Waals surface area contributed by atoms with Crippen LogP contribution >= 0.6 is 0 Å². The van der Waals surface area contributed by atoms with Crippen molar-refractivity contribution in [2.45, 2.75) is 59.6 Å². The number of amides is 1. The molecule has 0 atom stereocenters. The zero-order chi connectivity index (χ0) is 17.5. The average molecular weight is 319 g/mol. The van der Waals surface area contributed by atoms with Crippen molar-refractivity contribution >= 4 is 11.9 Å². The molecule has 0 heterocycles. The molecule has 1 rings (SSSR count). The van der Waals surface area contributed by atoms with E-state index in [1.165, 1.54) is 4.90 Å². The van der Waals surface area contributed by atoms with Crippen LogP contribution in [-0.4, -0.2) is 28.9 Å². The van der Waals surface area contributed by atoms with Crippen molar-refractivity contribution < 1.29 is 14.3 Å². The first-order valence-corrected chi connectivity index (χ1v) is 8.21. The van der Waals surface area contributed by atoms with Gasteiger partial charge >= 0.3 is 6.09 Å². The van der Waals surface area contributed by atoms with Crippen LogP contribution in [0.4, 0.5) is 4.79 Å². The lowest BCUT2D eigenvalue weighted by Crippen LogP contribution is -2.39. The second-order valence-corrected chi connectivity index (χ2v) is 7.29. The van der Waals surface area contributed by atoms with E-state index in [-0.39, 0.29) is 12.3 Å². The highest BCUT2D eigenvalue weighted by molar-refractivity contribution is 5.84. The molecule has 23 heavy (non-hydrogen) atoms. The van der Waals surface area contributed by atoms with Crippen molar-refractivity contribution in [1.29, 1.82) is 0 Å². The molecule has 0 N–H and O–H groups in total. The van der Waals surface area contributed by atoms with E-state index >= 15 is 0 Å². The van der Waals surface area contributed by atoms with Crippen LogP contribution in [0, 0.1) is 5.92 Å². The van der Waals surface area contributed by atoms with Crippen LogP contribution < -0.4 is 0 Å². The standard InChI is InChI=1S/C19H29NO3/c1-15(2)11-12-17(21)14-20(18(22)23-19(3,4)5)13-16-9-7-6-8-10-16/h6-10,15H,11-14H2,1-5H3. The zero-order valence-electron chi connectivity index (χ0n) is 15.0. The van der Waals surface area contributed by atoms with E-state index in [9.17, 15) is 9.59 Å². The maximum Gasteiger partial charge on any atom is 0.410 e. The Morgan fingerprint density at radius 2 is 1.74 bits per heavy atom. The summed E-state index contributed by atoms with van der Waals surface area (Å²) in [4.78, 5) is 26.0. The van der Waals surface area contributed by atoms with Gasteiger partial charge in [-0.2, -0.15) is 0 Å². The van der Waals surface area contributed by atoms with Gasteiger partial charge in [0.25, 0.3) is 0 Å². The van der Waals surface area contributed by atoms with Crippen LogP contribution in [0.2, 0.25) is 0 Å². The van der Waals surface area contributed by atoms with Crippen LogP contribution in [0.15, 0.2) is 30.3 Å². The molecular weight excluding hydrogens is 290 g/mol. The van der Waals surface area contributed by atoms with Crippen LogP contribution in [0.1, 0.15) is 53.0 Å². The molecule has 128 valence electrons. The Hall–Kier alpha value is -1.84. The van der Waals surface area contributed by atoms with Gasteiger partial charge in [0.2, 0.25) is 0 Å². The molecule has 0 saturated carbocycles. The summed E-state index contributed by atoms with van der Waals surface area (Å²) in [6.07, 6.45) is 0.886. The number of hydrogen-bond donors (Lipinski definition) is 0. The normalized spacial score (nSPS) is 11.4. The molecule has 4 nitrogen and oxygen atoms in total. The molecule has 1 aromatic rings. The van der Waals surface area contributed by atoms with Gasteiger partial charge in [-0.25, -0.2) is 4.79 Å². The number of benzene rings is 1. The molecule has 1 aromatic carbocycles. The summed E-state index contributed by atoms with van der Waals surface area (Å²) in [6, 6.07) is 9.65. The molecule has 0 aromatic heterocycles. The van der Waals surface area contributed by atoms with Crippen molar-refractivity contribution in [2.75, 3.05) is 6.54 Å². The molecule has 0 fully saturated rings. The number of ketones is 1. The summed E-state index contributed by atoms with van der Waals surface area (Å²) in [5.74, 6) is 0.545. The maximum atomic E-state index is 12.4. The second-order valence-electron chi connectivity index (χ2n) is 7.29. The quantitative estimate of drug-likeness (QED) is 0.747. The Balaban J connectivity index is 2.75. The lowest BCUT2D eigenvalue weighted by molar-refractivity contribution is -0.120. The molecule has 0 aliphatic heterocycles. The molecule has 0 saturated heterocycles. The summed E-state index contributed by atoms with van der Waals surface area (Å²) in [5.41, 5.74) is 0.405. The lowest BCUT2D eigenvalue weighted by Gasteiger charge is -2.27. The third-order valence-corrected chi connectivity index (χ3v) is 3.24. The van der Waals surface area contributed by atoms with Gasteiger partial charge in [-0.15, -0.1) is 0 Å². The number of ether oxygens (including phenoxy) is 1. The lowest BCUT2D eigenvalue weighted by atomic mass is 10.1. The SMILES string of the molecule is CC(C)CCC(=O)CN(Cc1ccccc1)C(=O)OC(C)(C)C. The predicted octanol–water partition coefficient (Wildman–Crippen LogP) is 4.43. The van der Waals surface area contributed by atoms with E-state index < -0.39 is 11.7 Å². The van der Waals surface area contributed by atoms with Crippen molar-refractivity contribution in [1.82, 2.24) is 4.90 Å². The number of rotatable bonds is 7.